The first kappa shape index (κ1) is 27.2. The lowest BCUT2D eigenvalue weighted by Crippen LogP contribution is -2.35. The molecule has 5 rings (SSSR count). The van der Waals surface area contributed by atoms with Crippen molar-refractivity contribution in [1.82, 2.24) is 35.1 Å². The number of H-pyrrole nitrogens is 1. The van der Waals surface area contributed by atoms with Gasteiger partial charge in [-0.05, 0) is 82.1 Å². The molecule has 0 fully saturated rings. The molecule has 206 valence electrons. The minimum Gasteiger partial charge on any atom is -0.497 e. The number of benzene rings is 2. The van der Waals surface area contributed by atoms with Gasteiger partial charge in [0.2, 0.25) is 0 Å². The molecular formula is C31H35N7O2. The third-order valence-corrected chi connectivity index (χ3v) is 7.45. The molecule has 0 spiro atoms. The predicted molar refractivity (Wildman–Crippen MR) is 155 cm³/mol. The molecule has 0 amide bonds. The van der Waals surface area contributed by atoms with E-state index in [2.05, 4.69) is 69.4 Å². The number of pyridine rings is 2. The van der Waals surface area contributed by atoms with Gasteiger partial charge in [-0.2, -0.15) is 0 Å². The second-order valence-corrected chi connectivity index (χ2v) is 10.6. The summed E-state index contributed by atoms with van der Waals surface area (Å²) in [4.78, 5) is 23.1. The summed E-state index contributed by atoms with van der Waals surface area (Å²) in [5, 5.41) is 13.9. The summed E-state index contributed by atoms with van der Waals surface area (Å²) in [5.74, 6) is 1.70. The fourth-order valence-corrected chi connectivity index (χ4v) is 5.21. The average Bonchev–Trinajstić information content (AvgIpc) is 3.40. The van der Waals surface area contributed by atoms with E-state index in [4.69, 9.17) is 4.74 Å². The maximum absolute atomic E-state index is 13.4. The highest BCUT2D eigenvalue weighted by Gasteiger charge is 2.30. The number of aromatic nitrogens is 6. The van der Waals surface area contributed by atoms with Crippen molar-refractivity contribution in [1.29, 1.82) is 0 Å². The van der Waals surface area contributed by atoms with E-state index in [1.807, 2.05) is 54.2 Å². The lowest BCUT2D eigenvalue weighted by molar-refractivity contribution is 0.126. The molecule has 1 atom stereocenters. The Morgan fingerprint density at radius 3 is 2.52 bits per heavy atom. The summed E-state index contributed by atoms with van der Waals surface area (Å²) in [7, 11) is 1.65. The fraction of sp³-hybridized carbons (Fsp3) is 0.323. The van der Waals surface area contributed by atoms with Crippen molar-refractivity contribution in [3.05, 3.63) is 111 Å². The van der Waals surface area contributed by atoms with Gasteiger partial charge in [-0.15, -0.1) is 5.10 Å². The molecule has 0 bridgehead atoms. The minimum absolute atomic E-state index is 0.0854. The van der Waals surface area contributed by atoms with E-state index in [0.29, 0.717) is 25.2 Å². The molecule has 0 saturated carbocycles. The molecule has 1 N–H and O–H groups in total. The number of rotatable bonds is 10. The number of hydrogen-bond acceptors (Lipinski definition) is 7. The van der Waals surface area contributed by atoms with Crippen LogP contribution in [-0.2, 0) is 19.6 Å². The molecule has 0 radical (unpaired) electrons. The zero-order valence-corrected chi connectivity index (χ0v) is 23.6. The first-order valence-corrected chi connectivity index (χ1v) is 13.5. The van der Waals surface area contributed by atoms with Crippen LogP contribution < -0.4 is 10.3 Å². The van der Waals surface area contributed by atoms with Crippen LogP contribution in [0.5, 0.6) is 5.75 Å². The lowest BCUT2D eigenvalue weighted by Gasteiger charge is -2.33. The Bertz CT molecular complexity index is 1640. The van der Waals surface area contributed by atoms with Crippen LogP contribution in [-0.4, -0.2) is 42.2 Å². The average molecular weight is 538 g/mol. The molecule has 2 aromatic carbocycles. The number of aromatic amines is 1. The molecule has 9 nitrogen and oxygen atoms in total. The van der Waals surface area contributed by atoms with Crippen LogP contribution >= 0.6 is 0 Å². The van der Waals surface area contributed by atoms with E-state index in [0.717, 1.165) is 44.7 Å². The summed E-state index contributed by atoms with van der Waals surface area (Å²) in [6, 6.07) is 17.9. The second kappa shape index (κ2) is 11.8. The van der Waals surface area contributed by atoms with Crippen LogP contribution in [0.25, 0.3) is 10.9 Å². The highest BCUT2D eigenvalue weighted by Crippen LogP contribution is 2.31. The van der Waals surface area contributed by atoms with E-state index in [9.17, 15) is 4.79 Å². The monoisotopic (exact) mass is 537 g/mol. The number of fused-ring (bicyclic) bond motifs is 1. The standard InChI is InChI=1S/C31H35N7O2/c1-20(2)29(30-34-35-36-38(30)18-23-9-12-27(40-5)13-10-23)37(17-24-7-6-14-32-16-24)19-26-15-25-11-8-21(3)22(4)28(25)33-31(26)39/h6-16,20,29H,17-19H2,1-5H3,(H,33,39). The van der Waals surface area contributed by atoms with Gasteiger partial charge in [0, 0.05) is 31.0 Å². The van der Waals surface area contributed by atoms with Crippen LogP contribution in [0.4, 0.5) is 0 Å². The summed E-state index contributed by atoms with van der Waals surface area (Å²) in [6.45, 7) is 9.93. The molecule has 0 saturated heterocycles. The van der Waals surface area contributed by atoms with Crippen LogP contribution in [0.3, 0.4) is 0 Å². The molecular weight excluding hydrogens is 502 g/mol. The van der Waals surface area contributed by atoms with E-state index in [1.165, 1.54) is 0 Å². The second-order valence-electron chi connectivity index (χ2n) is 10.6. The normalized spacial score (nSPS) is 12.4. The molecule has 9 heteroatoms. The number of nitrogens with zero attached hydrogens (tertiary/aromatic N) is 6. The molecule has 0 aliphatic heterocycles. The van der Waals surface area contributed by atoms with Crippen LogP contribution in [0.1, 0.15) is 53.5 Å². The number of aryl methyl sites for hydroxylation is 2. The Morgan fingerprint density at radius 1 is 1.02 bits per heavy atom. The van der Waals surface area contributed by atoms with Crippen molar-refractivity contribution >= 4 is 10.9 Å². The van der Waals surface area contributed by atoms with Gasteiger partial charge < -0.3 is 9.72 Å². The number of tetrazole rings is 1. The number of ether oxygens (including phenoxy) is 1. The van der Waals surface area contributed by atoms with Crippen LogP contribution in [0, 0.1) is 19.8 Å². The smallest absolute Gasteiger partial charge is 0.252 e. The molecule has 3 aromatic heterocycles. The van der Waals surface area contributed by atoms with Gasteiger partial charge in [-0.1, -0.05) is 44.2 Å². The third-order valence-electron chi connectivity index (χ3n) is 7.45. The largest absolute Gasteiger partial charge is 0.497 e. The Morgan fingerprint density at radius 2 is 1.82 bits per heavy atom. The summed E-state index contributed by atoms with van der Waals surface area (Å²) >= 11 is 0. The van der Waals surface area contributed by atoms with Crippen molar-refractivity contribution in [2.24, 2.45) is 5.92 Å². The number of nitrogens with one attached hydrogen (secondary N) is 1. The Hall–Kier alpha value is -4.37. The lowest BCUT2D eigenvalue weighted by atomic mass is 9.99. The Kier molecular flexibility index (Phi) is 8.02. The molecule has 1 unspecified atom stereocenters. The fourth-order valence-electron chi connectivity index (χ4n) is 5.21. The third kappa shape index (κ3) is 5.79. The topological polar surface area (TPSA) is 102 Å². The van der Waals surface area contributed by atoms with Gasteiger partial charge in [0.25, 0.3) is 5.56 Å². The molecule has 0 aliphatic carbocycles. The Balaban J connectivity index is 1.54. The SMILES string of the molecule is COc1ccc(Cn2nnnc2C(C(C)C)N(Cc2cccnc2)Cc2cc3ccc(C)c(C)c3[nH]c2=O)cc1. The first-order valence-electron chi connectivity index (χ1n) is 13.5. The maximum atomic E-state index is 13.4. The highest BCUT2D eigenvalue weighted by atomic mass is 16.5. The van der Waals surface area contributed by atoms with E-state index in [1.54, 1.807) is 13.3 Å². The molecule has 3 heterocycles. The minimum atomic E-state index is -0.164. The van der Waals surface area contributed by atoms with Crippen LogP contribution in [0.2, 0.25) is 0 Å². The highest BCUT2D eigenvalue weighted by molar-refractivity contribution is 5.83. The van der Waals surface area contributed by atoms with Gasteiger partial charge in [0.15, 0.2) is 5.82 Å². The van der Waals surface area contributed by atoms with Crippen molar-refractivity contribution in [3.63, 3.8) is 0 Å². The van der Waals surface area contributed by atoms with Crippen LogP contribution in [0.15, 0.2) is 71.8 Å². The zero-order valence-electron chi connectivity index (χ0n) is 23.6. The van der Waals surface area contributed by atoms with E-state index in [-0.39, 0.29) is 17.5 Å². The van der Waals surface area contributed by atoms with Gasteiger partial charge in [0.1, 0.15) is 5.75 Å². The van der Waals surface area contributed by atoms with Gasteiger partial charge in [-0.3, -0.25) is 14.7 Å². The van der Waals surface area contributed by atoms with Gasteiger partial charge >= 0.3 is 0 Å². The molecule has 0 aliphatic rings. The van der Waals surface area contributed by atoms with Crippen molar-refractivity contribution in [3.8, 4) is 5.75 Å². The summed E-state index contributed by atoms with van der Waals surface area (Å²) in [6.07, 6.45) is 3.63. The quantitative estimate of drug-likeness (QED) is 0.268. The molecule has 40 heavy (non-hydrogen) atoms. The number of hydrogen-bond donors (Lipinski definition) is 1. The first-order chi connectivity index (χ1) is 19.3. The Labute approximate surface area is 233 Å². The molecule has 5 aromatic rings. The van der Waals surface area contributed by atoms with Gasteiger partial charge in [-0.25, -0.2) is 4.68 Å². The van der Waals surface area contributed by atoms with E-state index >= 15 is 0 Å². The van der Waals surface area contributed by atoms with Crippen molar-refractivity contribution < 1.29 is 4.74 Å². The predicted octanol–water partition coefficient (Wildman–Crippen LogP) is 4.98. The summed E-state index contributed by atoms with van der Waals surface area (Å²) in [5.41, 5.74) is 5.84. The van der Waals surface area contributed by atoms with Crippen molar-refractivity contribution in [2.75, 3.05) is 7.11 Å². The maximum Gasteiger partial charge on any atom is 0.252 e. The number of methoxy groups -OCH3 is 1. The van der Waals surface area contributed by atoms with Crippen molar-refractivity contribution in [2.45, 2.75) is 53.4 Å². The summed E-state index contributed by atoms with van der Waals surface area (Å²) < 4.78 is 7.15. The van der Waals surface area contributed by atoms with E-state index < -0.39 is 0 Å². The zero-order chi connectivity index (χ0) is 28.2. The van der Waals surface area contributed by atoms with Gasteiger partial charge in [0.05, 0.1) is 25.2 Å².